The minimum atomic E-state index is 0.590. The third-order valence-electron chi connectivity index (χ3n) is 2.50. The summed E-state index contributed by atoms with van der Waals surface area (Å²) < 4.78 is 0. The second-order valence-corrected chi connectivity index (χ2v) is 4.21. The van der Waals surface area contributed by atoms with Gasteiger partial charge in [0.25, 0.3) is 0 Å². The van der Waals surface area contributed by atoms with Crippen molar-refractivity contribution in [1.29, 1.82) is 5.26 Å². The Kier molecular flexibility index (Phi) is 6.13. The van der Waals surface area contributed by atoms with E-state index in [1.54, 1.807) is 12.1 Å². The first kappa shape index (κ1) is 13.5. The largest absolute Gasteiger partial charge is 0.411 e. The van der Waals surface area contributed by atoms with Crippen LogP contribution in [0.4, 0.5) is 0 Å². The molecule has 0 aliphatic carbocycles. The molecule has 1 aromatic rings. The van der Waals surface area contributed by atoms with Gasteiger partial charge in [-0.05, 0) is 37.0 Å². The van der Waals surface area contributed by atoms with Gasteiger partial charge in [-0.15, -0.1) is 0 Å². The predicted octanol–water partition coefficient (Wildman–Crippen LogP) is 3.99. The molecule has 0 fully saturated rings. The zero-order valence-corrected chi connectivity index (χ0v) is 10.3. The van der Waals surface area contributed by atoms with Gasteiger partial charge in [0.1, 0.15) is 0 Å². The second-order valence-electron chi connectivity index (χ2n) is 3.77. The van der Waals surface area contributed by atoms with E-state index in [-0.39, 0.29) is 0 Å². The summed E-state index contributed by atoms with van der Waals surface area (Å²) in [5, 5.41) is 21.3. The zero-order chi connectivity index (χ0) is 12.5. The SMILES string of the molecule is N#CCCCCCC(=NO)c1ccc(Cl)cc1. The van der Waals surface area contributed by atoms with Gasteiger partial charge in [-0.1, -0.05) is 35.3 Å². The lowest BCUT2D eigenvalue weighted by molar-refractivity contribution is 0.317. The number of unbranched alkanes of at least 4 members (excludes halogenated alkanes) is 3. The summed E-state index contributed by atoms with van der Waals surface area (Å²) >= 11 is 5.79. The molecule has 0 amide bonds. The van der Waals surface area contributed by atoms with Crippen molar-refractivity contribution in [2.75, 3.05) is 0 Å². The van der Waals surface area contributed by atoms with Gasteiger partial charge >= 0.3 is 0 Å². The first-order valence-electron chi connectivity index (χ1n) is 5.61. The Morgan fingerprint density at radius 1 is 1.24 bits per heavy atom. The molecule has 0 spiro atoms. The third kappa shape index (κ3) is 4.88. The number of benzene rings is 1. The van der Waals surface area contributed by atoms with E-state index in [0.29, 0.717) is 23.6 Å². The molecule has 0 aromatic heterocycles. The maximum absolute atomic E-state index is 8.95. The average Bonchev–Trinajstić information content (AvgIpc) is 2.35. The monoisotopic (exact) mass is 250 g/mol. The van der Waals surface area contributed by atoms with Crippen molar-refractivity contribution in [3.63, 3.8) is 0 Å². The van der Waals surface area contributed by atoms with Gasteiger partial charge in [0.2, 0.25) is 0 Å². The lowest BCUT2D eigenvalue weighted by atomic mass is 10.0. The Hall–Kier alpha value is -1.53. The number of nitriles is 1. The van der Waals surface area contributed by atoms with E-state index in [4.69, 9.17) is 22.1 Å². The van der Waals surface area contributed by atoms with E-state index >= 15 is 0 Å². The van der Waals surface area contributed by atoms with Crippen molar-refractivity contribution < 1.29 is 5.21 Å². The summed E-state index contributed by atoms with van der Waals surface area (Å²) in [7, 11) is 0. The van der Waals surface area contributed by atoms with Gasteiger partial charge in [-0.3, -0.25) is 0 Å². The van der Waals surface area contributed by atoms with Crippen LogP contribution in [0, 0.1) is 11.3 Å². The van der Waals surface area contributed by atoms with Crippen LogP contribution in [0.15, 0.2) is 29.4 Å². The average molecular weight is 251 g/mol. The zero-order valence-electron chi connectivity index (χ0n) is 9.56. The second kappa shape index (κ2) is 7.70. The van der Waals surface area contributed by atoms with Crippen LogP contribution >= 0.6 is 11.6 Å². The molecule has 0 atom stereocenters. The summed E-state index contributed by atoms with van der Waals surface area (Å²) in [6.07, 6.45) is 4.09. The number of nitrogens with zero attached hydrogens (tertiary/aromatic N) is 2. The third-order valence-corrected chi connectivity index (χ3v) is 2.75. The Balaban J connectivity index is 2.45. The highest BCUT2D eigenvalue weighted by molar-refractivity contribution is 6.30. The first-order chi connectivity index (χ1) is 8.27. The number of halogens is 1. The minimum Gasteiger partial charge on any atom is -0.411 e. The summed E-state index contributed by atoms with van der Waals surface area (Å²) in [6, 6.07) is 9.34. The fourth-order valence-corrected chi connectivity index (χ4v) is 1.69. The smallest absolute Gasteiger partial charge is 0.0867 e. The molecule has 90 valence electrons. The molecule has 0 aliphatic rings. The minimum absolute atomic E-state index is 0.590. The number of rotatable bonds is 6. The van der Waals surface area contributed by atoms with Crippen molar-refractivity contribution in [2.45, 2.75) is 32.1 Å². The topological polar surface area (TPSA) is 56.4 Å². The number of oxime groups is 1. The van der Waals surface area contributed by atoms with Crippen molar-refractivity contribution in [3.8, 4) is 6.07 Å². The highest BCUT2D eigenvalue weighted by Crippen LogP contribution is 2.13. The van der Waals surface area contributed by atoms with E-state index in [0.717, 1.165) is 24.8 Å². The molecule has 0 bridgehead atoms. The van der Waals surface area contributed by atoms with Crippen LogP contribution in [0.2, 0.25) is 5.02 Å². The molecule has 1 N–H and O–H groups in total. The number of hydrogen-bond donors (Lipinski definition) is 1. The lowest BCUT2D eigenvalue weighted by Crippen LogP contribution is -2.00. The fourth-order valence-electron chi connectivity index (χ4n) is 1.57. The van der Waals surface area contributed by atoms with Gasteiger partial charge in [-0.2, -0.15) is 5.26 Å². The molecular weight excluding hydrogens is 236 g/mol. The van der Waals surface area contributed by atoms with E-state index in [9.17, 15) is 0 Å². The standard InChI is InChI=1S/C13H15ClN2O/c14-12-8-6-11(7-9-12)13(16-17)5-3-1-2-4-10-15/h6-9,17H,1-5H2. The van der Waals surface area contributed by atoms with E-state index in [1.165, 1.54) is 0 Å². The molecular formula is C13H15ClN2O. The molecule has 0 radical (unpaired) electrons. The highest BCUT2D eigenvalue weighted by atomic mass is 35.5. The van der Waals surface area contributed by atoms with Crippen LogP contribution in [0.3, 0.4) is 0 Å². The quantitative estimate of drug-likeness (QED) is 0.359. The van der Waals surface area contributed by atoms with Crippen LogP contribution in [0.5, 0.6) is 0 Å². The molecule has 1 aromatic carbocycles. The Morgan fingerprint density at radius 3 is 2.53 bits per heavy atom. The normalized spacial score (nSPS) is 11.2. The summed E-state index contributed by atoms with van der Waals surface area (Å²) in [5.41, 5.74) is 1.55. The molecule has 0 unspecified atom stereocenters. The lowest BCUT2D eigenvalue weighted by Gasteiger charge is -2.04. The van der Waals surface area contributed by atoms with Crippen LogP contribution in [-0.2, 0) is 0 Å². The maximum atomic E-state index is 8.95. The molecule has 0 saturated carbocycles. The van der Waals surface area contributed by atoms with Crippen molar-refractivity contribution in [3.05, 3.63) is 34.9 Å². The molecule has 17 heavy (non-hydrogen) atoms. The van der Waals surface area contributed by atoms with Gasteiger partial charge in [0, 0.05) is 11.4 Å². The van der Waals surface area contributed by atoms with Crippen LogP contribution < -0.4 is 0 Å². The molecule has 0 saturated heterocycles. The predicted molar refractivity (Wildman–Crippen MR) is 68.5 cm³/mol. The Morgan fingerprint density at radius 2 is 1.94 bits per heavy atom. The Bertz CT molecular complexity index is 406. The van der Waals surface area contributed by atoms with Crippen LogP contribution in [-0.4, -0.2) is 10.9 Å². The van der Waals surface area contributed by atoms with Crippen LogP contribution in [0.1, 0.15) is 37.7 Å². The van der Waals surface area contributed by atoms with Crippen molar-refractivity contribution in [2.24, 2.45) is 5.16 Å². The van der Waals surface area contributed by atoms with E-state index in [2.05, 4.69) is 11.2 Å². The molecule has 3 nitrogen and oxygen atoms in total. The van der Waals surface area contributed by atoms with Crippen LogP contribution in [0.25, 0.3) is 0 Å². The van der Waals surface area contributed by atoms with E-state index < -0.39 is 0 Å². The Labute approximate surface area is 106 Å². The molecule has 0 heterocycles. The van der Waals surface area contributed by atoms with Gasteiger partial charge in [0.15, 0.2) is 0 Å². The number of hydrogen-bond acceptors (Lipinski definition) is 3. The first-order valence-corrected chi connectivity index (χ1v) is 5.99. The van der Waals surface area contributed by atoms with Gasteiger partial charge in [0.05, 0.1) is 11.8 Å². The van der Waals surface area contributed by atoms with Crippen molar-refractivity contribution >= 4 is 17.3 Å². The molecule has 0 aliphatic heterocycles. The summed E-state index contributed by atoms with van der Waals surface area (Å²) in [5.74, 6) is 0. The summed E-state index contributed by atoms with van der Waals surface area (Å²) in [6.45, 7) is 0. The molecule has 1 rings (SSSR count). The van der Waals surface area contributed by atoms with Gasteiger partial charge in [-0.25, -0.2) is 0 Å². The van der Waals surface area contributed by atoms with Gasteiger partial charge < -0.3 is 5.21 Å². The highest BCUT2D eigenvalue weighted by Gasteiger charge is 2.04. The maximum Gasteiger partial charge on any atom is 0.0867 e. The van der Waals surface area contributed by atoms with Crippen molar-refractivity contribution in [1.82, 2.24) is 0 Å². The molecule has 4 heteroatoms. The summed E-state index contributed by atoms with van der Waals surface area (Å²) in [4.78, 5) is 0. The fraction of sp³-hybridized carbons (Fsp3) is 0.385. The van der Waals surface area contributed by atoms with E-state index in [1.807, 2.05) is 12.1 Å².